The van der Waals surface area contributed by atoms with E-state index >= 15 is 0 Å². The number of ether oxygens (including phenoxy) is 1. The fraction of sp³-hybridized carbons (Fsp3) is 0.250. The Hall–Kier alpha value is -1.48. The van der Waals surface area contributed by atoms with Crippen LogP contribution in [-0.2, 0) is 6.42 Å². The van der Waals surface area contributed by atoms with Crippen molar-refractivity contribution in [3.05, 3.63) is 58.6 Å². The molecule has 0 saturated carbocycles. The van der Waals surface area contributed by atoms with E-state index in [1.165, 1.54) is 11.3 Å². The molecule has 2 aromatic rings. The second-order valence-electron chi connectivity index (χ2n) is 4.87. The van der Waals surface area contributed by atoms with Gasteiger partial charge in [0.1, 0.15) is 5.75 Å². The molecule has 0 aromatic heterocycles. The van der Waals surface area contributed by atoms with Crippen molar-refractivity contribution in [2.24, 2.45) is 5.92 Å². The highest BCUT2D eigenvalue weighted by Crippen LogP contribution is 2.25. The van der Waals surface area contributed by atoms with Gasteiger partial charge in [-0.05, 0) is 42.3 Å². The Morgan fingerprint density at radius 2 is 1.89 bits per heavy atom. The Kier molecular flexibility index (Phi) is 3.74. The lowest BCUT2D eigenvalue weighted by atomic mass is 9.95. The van der Waals surface area contributed by atoms with Gasteiger partial charge >= 0.3 is 0 Å². The van der Waals surface area contributed by atoms with E-state index < -0.39 is 0 Å². The smallest absolute Gasteiger partial charge is 0.119 e. The summed E-state index contributed by atoms with van der Waals surface area (Å²) in [5.41, 5.74) is 2.65. The number of nitrogens with one attached hydrogen (secondary N) is 1. The van der Waals surface area contributed by atoms with E-state index in [1.54, 1.807) is 0 Å². The number of fused-ring (bicyclic) bond motifs is 1. The van der Waals surface area contributed by atoms with Crippen molar-refractivity contribution in [3.8, 4) is 5.75 Å². The molecule has 0 spiro atoms. The van der Waals surface area contributed by atoms with Gasteiger partial charge in [-0.25, -0.2) is 0 Å². The van der Waals surface area contributed by atoms with Crippen molar-refractivity contribution in [1.82, 2.24) is 0 Å². The fourth-order valence-corrected chi connectivity index (χ4v) is 2.64. The molecule has 0 radical (unpaired) electrons. The normalized spacial score (nSPS) is 17.4. The second kappa shape index (κ2) is 5.66. The quantitative estimate of drug-likeness (QED) is 0.919. The van der Waals surface area contributed by atoms with Crippen molar-refractivity contribution in [1.29, 1.82) is 0 Å². The van der Waals surface area contributed by atoms with Crippen LogP contribution >= 0.6 is 15.9 Å². The number of benzene rings is 2. The van der Waals surface area contributed by atoms with E-state index in [-0.39, 0.29) is 0 Å². The highest BCUT2D eigenvalue weighted by molar-refractivity contribution is 9.10. The van der Waals surface area contributed by atoms with Crippen molar-refractivity contribution >= 4 is 21.6 Å². The van der Waals surface area contributed by atoms with Crippen LogP contribution in [-0.4, -0.2) is 13.2 Å². The van der Waals surface area contributed by atoms with E-state index in [4.69, 9.17) is 4.74 Å². The zero-order valence-corrected chi connectivity index (χ0v) is 12.2. The van der Waals surface area contributed by atoms with Gasteiger partial charge in [0.05, 0.1) is 6.61 Å². The fourth-order valence-electron chi connectivity index (χ4n) is 2.37. The summed E-state index contributed by atoms with van der Waals surface area (Å²) in [6.45, 7) is 1.73. The minimum atomic E-state index is 0.526. The molecule has 19 heavy (non-hydrogen) atoms. The zero-order chi connectivity index (χ0) is 13.1. The van der Waals surface area contributed by atoms with Gasteiger partial charge in [0.2, 0.25) is 0 Å². The van der Waals surface area contributed by atoms with E-state index in [1.807, 2.05) is 24.3 Å². The molecular formula is C16H16BrNO. The largest absolute Gasteiger partial charge is 0.493 e. The molecule has 0 bridgehead atoms. The first-order valence-electron chi connectivity index (χ1n) is 6.51. The topological polar surface area (TPSA) is 21.3 Å². The number of para-hydroxylation sites is 1. The molecule has 1 unspecified atom stereocenters. The molecule has 0 aliphatic carbocycles. The summed E-state index contributed by atoms with van der Waals surface area (Å²) in [5.74, 6) is 1.46. The Balaban J connectivity index is 1.59. The Morgan fingerprint density at radius 1 is 1.11 bits per heavy atom. The van der Waals surface area contributed by atoms with Crippen LogP contribution in [0.1, 0.15) is 5.56 Å². The highest BCUT2D eigenvalue weighted by Gasteiger charge is 2.18. The molecule has 0 saturated heterocycles. The van der Waals surface area contributed by atoms with Crippen molar-refractivity contribution in [2.45, 2.75) is 6.42 Å². The van der Waals surface area contributed by atoms with Crippen LogP contribution in [0.15, 0.2) is 53.0 Å². The molecule has 2 nitrogen and oxygen atoms in total. The highest BCUT2D eigenvalue weighted by atomic mass is 79.9. The third-order valence-electron chi connectivity index (χ3n) is 3.41. The van der Waals surface area contributed by atoms with E-state index in [0.717, 1.165) is 29.8 Å². The summed E-state index contributed by atoms with van der Waals surface area (Å²) in [4.78, 5) is 0. The molecule has 2 aromatic carbocycles. The standard InChI is InChI=1S/C16H16BrNO/c17-14-5-7-15(8-6-14)19-11-12-9-13-3-1-2-4-16(13)18-10-12/h1-8,12,18H,9-11H2. The Bertz CT molecular complexity index is 553. The van der Waals surface area contributed by atoms with Crippen LogP contribution in [0.3, 0.4) is 0 Å². The first kappa shape index (κ1) is 12.5. The van der Waals surface area contributed by atoms with Gasteiger partial charge in [-0.1, -0.05) is 34.1 Å². The van der Waals surface area contributed by atoms with Gasteiger partial charge < -0.3 is 10.1 Å². The van der Waals surface area contributed by atoms with Gasteiger partial charge in [-0.3, -0.25) is 0 Å². The summed E-state index contributed by atoms with van der Waals surface area (Å²) >= 11 is 3.43. The van der Waals surface area contributed by atoms with Gasteiger partial charge in [0.15, 0.2) is 0 Å². The van der Waals surface area contributed by atoms with Crippen LogP contribution in [0.25, 0.3) is 0 Å². The third kappa shape index (κ3) is 3.10. The molecule has 3 heteroatoms. The summed E-state index contributed by atoms with van der Waals surface area (Å²) in [7, 11) is 0. The van der Waals surface area contributed by atoms with Crippen molar-refractivity contribution < 1.29 is 4.74 Å². The van der Waals surface area contributed by atoms with Gasteiger partial charge in [0.25, 0.3) is 0 Å². The molecule has 1 heterocycles. The maximum absolute atomic E-state index is 5.85. The van der Waals surface area contributed by atoms with Crippen LogP contribution in [0, 0.1) is 5.92 Å². The average molecular weight is 318 g/mol. The van der Waals surface area contributed by atoms with Gasteiger partial charge in [-0.15, -0.1) is 0 Å². The molecule has 3 rings (SSSR count). The minimum Gasteiger partial charge on any atom is -0.493 e. The van der Waals surface area contributed by atoms with E-state index in [2.05, 4.69) is 45.5 Å². The molecule has 1 N–H and O–H groups in total. The van der Waals surface area contributed by atoms with E-state index in [9.17, 15) is 0 Å². The summed E-state index contributed by atoms with van der Waals surface area (Å²) in [6, 6.07) is 16.5. The lowest BCUT2D eigenvalue weighted by Crippen LogP contribution is -2.27. The first-order chi connectivity index (χ1) is 9.31. The summed E-state index contributed by atoms with van der Waals surface area (Å²) in [6.07, 6.45) is 1.08. The second-order valence-corrected chi connectivity index (χ2v) is 5.79. The van der Waals surface area contributed by atoms with Crippen LogP contribution in [0.2, 0.25) is 0 Å². The monoisotopic (exact) mass is 317 g/mol. The number of anilines is 1. The molecule has 0 fully saturated rings. The predicted molar refractivity (Wildman–Crippen MR) is 81.8 cm³/mol. The average Bonchev–Trinajstić information content (AvgIpc) is 2.46. The number of rotatable bonds is 3. The molecular weight excluding hydrogens is 302 g/mol. The number of hydrogen-bond acceptors (Lipinski definition) is 2. The first-order valence-corrected chi connectivity index (χ1v) is 7.31. The zero-order valence-electron chi connectivity index (χ0n) is 10.6. The van der Waals surface area contributed by atoms with Gasteiger partial charge in [0, 0.05) is 22.6 Å². The number of hydrogen-bond donors (Lipinski definition) is 1. The van der Waals surface area contributed by atoms with Gasteiger partial charge in [-0.2, -0.15) is 0 Å². The molecule has 1 atom stereocenters. The van der Waals surface area contributed by atoms with Crippen LogP contribution in [0.4, 0.5) is 5.69 Å². The maximum atomic E-state index is 5.85. The third-order valence-corrected chi connectivity index (χ3v) is 3.94. The molecule has 98 valence electrons. The van der Waals surface area contributed by atoms with Crippen LogP contribution < -0.4 is 10.1 Å². The molecule has 1 aliphatic rings. The lowest BCUT2D eigenvalue weighted by Gasteiger charge is -2.26. The molecule has 1 aliphatic heterocycles. The minimum absolute atomic E-state index is 0.526. The molecule has 0 amide bonds. The summed E-state index contributed by atoms with van der Waals surface area (Å²) in [5, 5.41) is 3.47. The SMILES string of the molecule is Brc1ccc(OCC2CNc3ccccc3C2)cc1. The predicted octanol–water partition coefficient (Wildman–Crippen LogP) is 4.11. The van der Waals surface area contributed by atoms with Crippen molar-refractivity contribution in [3.63, 3.8) is 0 Å². The summed E-state index contributed by atoms with van der Waals surface area (Å²) < 4.78 is 6.93. The Morgan fingerprint density at radius 3 is 2.74 bits per heavy atom. The lowest BCUT2D eigenvalue weighted by molar-refractivity contribution is 0.252. The van der Waals surface area contributed by atoms with Crippen LogP contribution in [0.5, 0.6) is 5.75 Å². The maximum Gasteiger partial charge on any atom is 0.119 e. The Labute approximate surface area is 121 Å². The van der Waals surface area contributed by atoms with Crippen molar-refractivity contribution in [2.75, 3.05) is 18.5 Å². The number of halogens is 1. The van der Waals surface area contributed by atoms with E-state index in [0.29, 0.717) is 5.92 Å².